The molecular weight excluding hydrogens is 206 g/mol. The van der Waals surface area contributed by atoms with Crippen molar-refractivity contribution in [1.29, 1.82) is 0 Å². The van der Waals surface area contributed by atoms with Gasteiger partial charge < -0.3 is 10.0 Å². The van der Waals surface area contributed by atoms with E-state index >= 15 is 0 Å². The smallest absolute Gasteiger partial charge is 0.323 e. The molecule has 1 N–H and O–H groups in total. The Morgan fingerprint density at radius 3 is 2.81 bits per heavy atom. The van der Waals surface area contributed by atoms with E-state index in [1.54, 1.807) is 6.08 Å². The molecule has 0 fully saturated rings. The van der Waals surface area contributed by atoms with Crippen LogP contribution in [0.2, 0.25) is 0 Å². The van der Waals surface area contributed by atoms with Gasteiger partial charge in [-0.15, -0.1) is 6.58 Å². The fraction of sp³-hybridized carbons (Fsp3) is 0.500. The van der Waals surface area contributed by atoms with Crippen molar-refractivity contribution in [2.24, 2.45) is 5.92 Å². The molecule has 0 aliphatic heterocycles. The van der Waals surface area contributed by atoms with Crippen LogP contribution < -0.4 is 0 Å². The number of carbonyl (C=O) groups is 2. The van der Waals surface area contributed by atoms with E-state index in [1.165, 1.54) is 4.90 Å². The third kappa shape index (κ3) is 3.88. The molecule has 1 amide bonds. The van der Waals surface area contributed by atoms with Crippen LogP contribution >= 0.6 is 0 Å². The molecule has 0 spiro atoms. The predicted octanol–water partition coefficient (Wildman–Crippen LogP) is 1.44. The summed E-state index contributed by atoms with van der Waals surface area (Å²) in [5, 5.41) is 8.68. The summed E-state index contributed by atoms with van der Waals surface area (Å²) in [5.74, 6) is -0.829. The van der Waals surface area contributed by atoms with Gasteiger partial charge in [0.2, 0.25) is 5.91 Å². The Bertz CT molecular complexity index is 309. The molecule has 1 unspecified atom stereocenters. The number of carboxylic acids is 1. The number of carbonyl (C=O) groups excluding carboxylic acids is 1. The Balaban J connectivity index is 2.48. The maximum absolute atomic E-state index is 11.8. The number of aliphatic carboxylic acids is 1. The lowest BCUT2D eigenvalue weighted by molar-refractivity contribution is -0.144. The van der Waals surface area contributed by atoms with E-state index in [-0.39, 0.29) is 18.4 Å². The highest BCUT2D eigenvalue weighted by Gasteiger charge is 2.20. The highest BCUT2D eigenvalue weighted by molar-refractivity contribution is 5.81. The second-order valence-corrected chi connectivity index (χ2v) is 3.93. The van der Waals surface area contributed by atoms with Crippen LogP contribution in [-0.2, 0) is 9.59 Å². The van der Waals surface area contributed by atoms with Gasteiger partial charge in [-0.1, -0.05) is 18.2 Å². The van der Waals surface area contributed by atoms with E-state index in [1.807, 2.05) is 6.08 Å². The maximum atomic E-state index is 11.8. The molecule has 16 heavy (non-hydrogen) atoms. The van der Waals surface area contributed by atoms with Crippen LogP contribution in [0.5, 0.6) is 0 Å². The Morgan fingerprint density at radius 1 is 1.56 bits per heavy atom. The van der Waals surface area contributed by atoms with E-state index < -0.39 is 5.97 Å². The summed E-state index contributed by atoms with van der Waals surface area (Å²) < 4.78 is 0. The number of allylic oxidation sites excluding steroid dienone is 2. The van der Waals surface area contributed by atoms with Gasteiger partial charge in [0.05, 0.1) is 0 Å². The average molecular weight is 223 g/mol. The molecule has 0 bridgehead atoms. The van der Waals surface area contributed by atoms with Crippen molar-refractivity contribution in [3.05, 3.63) is 24.8 Å². The molecule has 0 radical (unpaired) electrons. The lowest BCUT2D eigenvalue weighted by Crippen LogP contribution is -2.36. The molecule has 0 aromatic heterocycles. The van der Waals surface area contributed by atoms with Crippen LogP contribution in [0.15, 0.2) is 24.8 Å². The van der Waals surface area contributed by atoms with Crippen molar-refractivity contribution < 1.29 is 14.7 Å². The first kappa shape index (κ1) is 12.5. The molecule has 0 heterocycles. The highest BCUT2D eigenvalue weighted by atomic mass is 16.4. The molecule has 0 saturated heterocycles. The topological polar surface area (TPSA) is 57.6 Å². The fourth-order valence-electron chi connectivity index (χ4n) is 1.79. The van der Waals surface area contributed by atoms with E-state index in [2.05, 4.69) is 12.7 Å². The van der Waals surface area contributed by atoms with Crippen molar-refractivity contribution in [3.8, 4) is 0 Å². The Hall–Kier alpha value is -1.58. The van der Waals surface area contributed by atoms with E-state index in [4.69, 9.17) is 5.11 Å². The maximum Gasteiger partial charge on any atom is 0.323 e. The van der Waals surface area contributed by atoms with Crippen molar-refractivity contribution in [3.63, 3.8) is 0 Å². The minimum Gasteiger partial charge on any atom is -0.480 e. The molecule has 0 aromatic rings. The zero-order valence-electron chi connectivity index (χ0n) is 9.26. The third-order valence-electron chi connectivity index (χ3n) is 2.58. The molecule has 1 aliphatic rings. The zero-order valence-corrected chi connectivity index (χ0v) is 9.26. The lowest BCUT2D eigenvalue weighted by atomic mass is 10.0. The van der Waals surface area contributed by atoms with Gasteiger partial charge in [0.1, 0.15) is 6.54 Å². The van der Waals surface area contributed by atoms with E-state index in [9.17, 15) is 9.59 Å². The van der Waals surface area contributed by atoms with Crippen molar-refractivity contribution >= 4 is 11.9 Å². The Kier molecular flexibility index (Phi) is 4.76. The minimum absolute atomic E-state index is 0.112. The predicted molar refractivity (Wildman–Crippen MR) is 60.9 cm³/mol. The second-order valence-electron chi connectivity index (χ2n) is 3.93. The second kappa shape index (κ2) is 6.10. The average Bonchev–Trinajstić information content (AvgIpc) is 2.69. The molecular formula is C12H17NO3. The van der Waals surface area contributed by atoms with Crippen LogP contribution in [0, 0.1) is 5.92 Å². The van der Waals surface area contributed by atoms with Gasteiger partial charge in [0.15, 0.2) is 0 Å². The van der Waals surface area contributed by atoms with Crippen molar-refractivity contribution in [1.82, 2.24) is 4.90 Å². The number of rotatable bonds is 6. The molecule has 1 rings (SSSR count). The van der Waals surface area contributed by atoms with Gasteiger partial charge in [-0.05, 0) is 18.8 Å². The number of hydrogen-bond donors (Lipinski definition) is 1. The van der Waals surface area contributed by atoms with Crippen LogP contribution in [0.4, 0.5) is 0 Å². The summed E-state index contributed by atoms with van der Waals surface area (Å²) in [6.07, 6.45) is 8.04. The number of carboxylic acid groups (broad SMARTS) is 1. The monoisotopic (exact) mass is 223 g/mol. The van der Waals surface area contributed by atoms with Gasteiger partial charge >= 0.3 is 5.97 Å². The van der Waals surface area contributed by atoms with E-state index in [0.29, 0.717) is 13.0 Å². The van der Waals surface area contributed by atoms with Crippen LogP contribution in [0.1, 0.15) is 19.3 Å². The van der Waals surface area contributed by atoms with Crippen molar-refractivity contribution in [2.75, 3.05) is 13.1 Å². The summed E-state index contributed by atoms with van der Waals surface area (Å²) in [7, 11) is 0. The molecule has 88 valence electrons. The normalized spacial score (nSPS) is 18.4. The fourth-order valence-corrected chi connectivity index (χ4v) is 1.79. The van der Waals surface area contributed by atoms with Crippen LogP contribution in [0.3, 0.4) is 0 Å². The Labute approximate surface area is 95.2 Å². The molecule has 0 saturated carbocycles. The molecule has 1 atom stereocenters. The summed E-state index contributed by atoms with van der Waals surface area (Å²) in [6, 6.07) is 0. The number of amides is 1. The summed E-state index contributed by atoms with van der Waals surface area (Å²) in [5.41, 5.74) is 0. The Morgan fingerprint density at radius 2 is 2.31 bits per heavy atom. The van der Waals surface area contributed by atoms with Gasteiger partial charge in [0, 0.05) is 13.0 Å². The third-order valence-corrected chi connectivity index (χ3v) is 2.58. The number of nitrogens with zero attached hydrogens (tertiary/aromatic N) is 1. The zero-order chi connectivity index (χ0) is 12.0. The molecule has 4 heteroatoms. The first-order valence-electron chi connectivity index (χ1n) is 5.40. The quantitative estimate of drug-likeness (QED) is 0.693. The van der Waals surface area contributed by atoms with E-state index in [0.717, 1.165) is 12.8 Å². The summed E-state index contributed by atoms with van der Waals surface area (Å²) in [4.78, 5) is 23.7. The largest absolute Gasteiger partial charge is 0.480 e. The molecule has 1 aliphatic carbocycles. The van der Waals surface area contributed by atoms with Gasteiger partial charge in [-0.3, -0.25) is 9.59 Å². The van der Waals surface area contributed by atoms with Gasteiger partial charge in [0.25, 0.3) is 0 Å². The van der Waals surface area contributed by atoms with Crippen molar-refractivity contribution in [2.45, 2.75) is 19.3 Å². The number of hydrogen-bond acceptors (Lipinski definition) is 2. The van der Waals surface area contributed by atoms with Crippen LogP contribution in [-0.4, -0.2) is 35.0 Å². The molecule has 4 nitrogen and oxygen atoms in total. The lowest BCUT2D eigenvalue weighted by Gasteiger charge is -2.20. The van der Waals surface area contributed by atoms with Gasteiger partial charge in [-0.2, -0.15) is 0 Å². The van der Waals surface area contributed by atoms with Crippen LogP contribution in [0.25, 0.3) is 0 Å². The minimum atomic E-state index is -0.989. The first-order valence-corrected chi connectivity index (χ1v) is 5.40. The van der Waals surface area contributed by atoms with Gasteiger partial charge in [-0.25, -0.2) is 0 Å². The molecule has 0 aromatic carbocycles. The summed E-state index contributed by atoms with van der Waals surface area (Å²) in [6.45, 7) is 3.57. The summed E-state index contributed by atoms with van der Waals surface area (Å²) >= 11 is 0. The standard InChI is InChI=1S/C12H17NO3/c1-2-7-13(9-12(15)16)11(14)8-10-5-3-4-6-10/h2-3,5,10H,1,4,6-9H2,(H,15,16). The SMILES string of the molecule is C=CCN(CC(=O)O)C(=O)CC1C=CCC1. The first-order chi connectivity index (χ1) is 7.63. The highest BCUT2D eigenvalue weighted by Crippen LogP contribution is 2.21.